The van der Waals surface area contributed by atoms with Crippen LogP contribution in [-0.2, 0) is 27.4 Å². The van der Waals surface area contributed by atoms with Gasteiger partial charge in [-0.1, -0.05) is 105 Å². The number of unbranched alkanes of at least 4 members (excludes halogenated alkanes) is 7. The summed E-state index contributed by atoms with van der Waals surface area (Å²) in [6, 6.07) is 20.3. The van der Waals surface area contributed by atoms with Gasteiger partial charge in [-0.15, -0.1) is 6.58 Å². The van der Waals surface area contributed by atoms with Gasteiger partial charge in [0.1, 0.15) is 18.3 Å². The average molecular weight is 467 g/mol. The van der Waals surface area contributed by atoms with Gasteiger partial charge in [-0.2, -0.15) is 0 Å². The van der Waals surface area contributed by atoms with Crippen molar-refractivity contribution in [1.29, 1.82) is 0 Å². The van der Waals surface area contributed by atoms with Crippen molar-refractivity contribution in [3.8, 4) is 0 Å². The van der Waals surface area contributed by atoms with Crippen molar-refractivity contribution in [2.45, 2.75) is 95.4 Å². The Morgan fingerprint density at radius 1 is 0.706 bits per heavy atom. The number of aliphatic hydroxyl groups is 1. The fourth-order valence-corrected chi connectivity index (χ4v) is 4.64. The molecule has 4 atom stereocenters. The molecule has 0 aromatic heterocycles. The summed E-state index contributed by atoms with van der Waals surface area (Å²) in [5.74, 6) is 0. The Morgan fingerprint density at radius 2 is 1.21 bits per heavy atom. The molecule has 0 radical (unpaired) electrons. The maximum Gasteiger partial charge on any atom is 0.115 e. The smallest absolute Gasteiger partial charge is 0.115 e. The minimum Gasteiger partial charge on any atom is -0.394 e. The molecule has 34 heavy (non-hydrogen) atoms. The van der Waals surface area contributed by atoms with Crippen LogP contribution in [0.3, 0.4) is 0 Å². The summed E-state index contributed by atoms with van der Waals surface area (Å²) in [4.78, 5) is 0. The second kappa shape index (κ2) is 15.8. The Bertz CT molecular complexity index is 779. The highest BCUT2D eigenvalue weighted by atomic mass is 16.6. The molecule has 0 spiro atoms. The Hall–Kier alpha value is -1.98. The van der Waals surface area contributed by atoms with Gasteiger partial charge in [0.15, 0.2) is 0 Å². The molecule has 0 unspecified atom stereocenters. The lowest BCUT2D eigenvalue weighted by atomic mass is 10.0. The summed E-state index contributed by atoms with van der Waals surface area (Å²) in [6.45, 7) is 4.72. The summed E-state index contributed by atoms with van der Waals surface area (Å²) < 4.78 is 19.0. The molecule has 1 heterocycles. The summed E-state index contributed by atoms with van der Waals surface area (Å²) in [6.07, 6.45) is 11.9. The largest absolute Gasteiger partial charge is 0.394 e. The van der Waals surface area contributed by atoms with E-state index < -0.39 is 0 Å². The molecule has 0 aliphatic carbocycles. The molecule has 0 bridgehead atoms. The summed E-state index contributed by atoms with van der Waals surface area (Å²) in [5, 5.41) is 10.0. The molecule has 2 aromatic rings. The summed E-state index contributed by atoms with van der Waals surface area (Å²) in [7, 11) is 0. The molecule has 1 aliphatic rings. The standard InChI is InChI=1S/C30H42O4/c1-2-3-4-5-6-7-8-9-16-21-27-29(32-23-25-17-12-10-13-18-25)30(28(22-31)34-27)33-24-26-19-14-11-15-20-26/h2,10-15,17-20,27-31H,1,3-9,16,21-24H2/t27-,28-,29-,30-/m1/s1. The lowest BCUT2D eigenvalue weighted by Gasteiger charge is -2.25. The van der Waals surface area contributed by atoms with Gasteiger partial charge >= 0.3 is 0 Å². The predicted molar refractivity (Wildman–Crippen MR) is 138 cm³/mol. The lowest BCUT2D eigenvalue weighted by Crippen LogP contribution is -2.38. The number of hydrogen-bond acceptors (Lipinski definition) is 4. The third-order valence-electron chi connectivity index (χ3n) is 6.55. The number of aliphatic hydroxyl groups excluding tert-OH is 1. The maximum atomic E-state index is 10.0. The van der Waals surface area contributed by atoms with Crippen LogP contribution in [0, 0.1) is 0 Å². The highest BCUT2D eigenvalue weighted by Crippen LogP contribution is 2.31. The molecule has 1 saturated heterocycles. The highest BCUT2D eigenvalue weighted by Gasteiger charge is 2.45. The quantitative estimate of drug-likeness (QED) is 0.210. The fourth-order valence-electron chi connectivity index (χ4n) is 4.64. The monoisotopic (exact) mass is 466 g/mol. The van der Waals surface area contributed by atoms with Gasteiger partial charge in [-0.05, 0) is 30.4 Å². The number of hydrogen-bond donors (Lipinski definition) is 1. The van der Waals surface area contributed by atoms with E-state index in [0.717, 1.165) is 30.4 Å². The molecule has 186 valence electrons. The van der Waals surface area contributed by atoms with Crippen LogP contribution in [0.5, 0.6) is 0 Å². The van der Waals surface area contributed by atoms with Gasteiger partial charge in [0.05, 0.1) is 25.9 Å². The van der Waals surface area contributed by atoms with Gasteiger partial charge in [0.2, 0.25) is 0 Å². The maximum absolute atomic E-state index is 10.0. The van der Waals surface area contributed by atoms with Crippen molar-refractivity contribution in [3.05, 3.63) is 84.4 Å². The van der Waals surface area contributed by atoms with Crippen LogP contribution in [0.15, 0.2) is 73.3 Å². The van der Waals surface area contributed by atoms with E-state index in [1.54, 1.807) is 0 Å². The third kappa shape index (κ3) is 8.99. The van der Waals surface area contributed by atoms with Crippen LogP contribution < -0.4 is 0 Å². The number of rotatable bonds is 17. The van der Waals surface area contributed by atoms with Gasteiger partial charge in [-0.3, -0.25) is 0 Å². The van der Waals surface area contributed by atoms with Crippen LogP contribution >= 0.6 is 0 Å². The SMILES string of the molecule is C=CCCCCCCCCC[C@H]1O[C@H](CO)[C@@H](OCc2ccccc2)[C@@H]1OCc1ccccc1. The van der Waals surface area contributed by atoms with E-state index in [2.05, 4.69) is 30.8 Å². The molecular formula is C30H42O4. The van der Waals surface area contributed by atoms with E-state index in [9.17, 15) is 5.11 Å². The van der Waals surface area contributed by atoms with Crippen molar-refractivity contribution in [2.75, 3.05) is 6.61 Å². The van der Waals surface area contributed by atoms with Crippen LogP contribution in [-0.4, -0.2) is 36.1 Å². The first-order chi connectivity index (χ1) is 16.8. The zero-order valence-corrected chi connectivity index (χ0v) is 20.5. The third-order valence-corrected chi connectivity index (χ3v) is 6.55. The first kappa shape index (κ1) is 26.6. The molecule has 1 fully saturated rings. The molecular weight excluding hydrogens is 424 g/mol. The molecule has 3 rings (SSSR count). The van der Waals surface area contributed by atoms with Crippen LogP contribution in [0.4, 0.5) is 0 Å². The second-order valence-corrected chi connectivity index (χ2v) is 9.26. The van der Waals surface area contributed by atoms with E-state index in [1.807, 2.05) is 42.5 Å². The second-order valence-electron chi connectivity index (χ2n) is 9.26. The topological polar surface area (TPSA) is 47.9 Å². The van der Waals surface area contributed by atoms with Gasteiger partial charge in [-0.25, -0.2) is 0 Å². The first-order valence-corrected chi connectivity index (χ1v) is 13.0. The highest BCUT2D eigenvalue weighted by molar-refractivity contribution is 5.14. The molecule has 2 aromatic carbocycles. The van der Waals surface area contributed by atoms with Crippen molar-refractivity contribution in [3.63, 3.8) is 0 Å². The van der Waals surface area contributed by atoms with Crippen molar-refractivity contribution in [1.82, 2.24) is 0 Å². The molecule has 1 aliphatic heterocycles. The van der Waals surface area contributed by atoms with E-state index >= 15 is 0 Å². The van der Waals surface area contributed by atoms with E-state index in [1.165, 1.54) is 38.5 Å². The normalized spacial score (nSPS) is 22.1. The van der Waals surface area contributed by atoms with Gasteiger partial charge in [0.25, 0.3) is 0 Å². The lowest BCUT2D eigenvalue weighted by molar-refractivity contribution is -0.0836. The summed E-state index contributed by atoms with van der Waals surface area (Å²) >= 11 is 0. The Kier molecular flexibility index (Phi) is 12.4. The fraction of sp³-hybridized carbons (Fsp3) is 0.533. The molecule has 4 heteroatoms. The summed E-state index contributed by atoms with van der Waals surface area (Å²) in [5.41, 5.74) is 2.24. The first-order valence-electron chi connectivity index (χ1n) is 13.0. The molecule has 1 N–H and O–H groups in total. The van der Waals surface area contributed by atoms with Gasteiger partial charge < -0.3 is 19.3 Å². The number of allylic oxidation sites excluding steroid dienone is 1. The zero-order chi connectivity index (χ0) is 23.8. The number of benzene rings is 2. The minimum absolute atomic E-state index is 0.0609. The van der Waals surface area contributed by atoms with Crippen molar-refractivity contribution >= 4 is 0 Å². The Labute approximate surface area is 205 Å². The molecule has 0 saturated carbocycles. The van der Waals surface area contributed by atoms with Crippen LogP contribution in [0.25, 0.3) is 0 Å². The Balaban J connectivity index is 1.52. The van der Waals surface area contributed by atoms with E-state index in [4.69, 9.17) is 14.2 Å². The molecule has 4 nitrogen and oxygen atoms in total. The zero-order valence-electron chi connectivity index (χ0n) is 20.5. The predicted octanol–water partition coefficient (Wildman–Crippen LogP) is 6.61. The van der Waals surface area contributed by atoms with Crippen LogP contribution in [0.2, 0.25) is 0 Å². The van der Waals surface area contributed by atoms with Gasteiger partial charge in [0, 0.05) is 0 Å². The van der Waals surface area contributed by atoms with E-state index in [-0.39, 0.29) is 31.0 Å². The van der Waals surface area contributed by atoms with E-state index in [0.29, 0.717) is 13.2 Å². The van der Waals surface area contributed by atoms with Crippen LogP contribution in [0.1, 0.15) is 68.9 Å². The number of ether oxygens (including phenoxy) is 3. The minimum atomic E-state index is -0.362. The Morgan fingerprint density at radius 3 is 1.74 bits per heavy atom. The van der Waals surface area contributed by atoms with Crippen molar-refractivity contribution in [2.24, 2.45) is 0 Å². The average Bonchev–Trinajstić information content (AvgIpc) is 3.22. The van der Waals surface area contributed by atoms with Crippen molar-refractivity contribution < 1.29 is 19.3 Å². The molecule has 0 amide bonds.